The molecule has 24 heavy (non-hydrogen) atoms. The van der Waals surface area contributed by atoms with E-state index in [9.17, 15) is 4.39 Å². The number of nitrogens with zero attached hydrogens (tertiary/aromatic N) is 4. The third kappa shape index (κ3) is 2.65. The Hall–Kier alpha value is -3.06. The number of hydrogen-bond acceptors (Lipinski definition) is 5. The molecule has 0 radical (unpaired) electrons. The fourth-order valence-corrected chi connectivity index (χ4v) is 2.58. The van der Waals surface area contributed by atoms with Crippen molar-refractivity contribution in [1.29, 1.82) is 0 Å². The summed E-state index contributed by atoms with van der Waals surface area (Å²) in [5.74, 6) is 0.309. The molecule has 0 aliphatic rings. The predicted molar refractivity (Wildman–Crippen MR) is 89.6 cm³/mol. The first-order valence-electron chi connectivity index (χ1n) is 7.06. The van der Waals surface area contributed by atoms with Crippen molar-refractivity contribution in [1.82, 2.24) is 25.4 Å². The van der Waals surface area contributed by atoms with E-state index >= 15 is 0 Å². The molecule has 0 spiro atoms. The maximum absolute atomic E-state index is 13.4. The Kier molecular flexibility index (Phi) is 3.55. The lowest BCUT2D eigenvalue weighted by molar-refractivity contribution is 0.630. The lowest BCUT2D eigenvalue weighted by Crippen LogP contribution is -2.01. The van der Waals surface area contributed by atoms with Crippen LogP contribution in [0.25, 0.3) is 22.2 Å². The summed E-state index contributed by atoms with van der Waals surface area (Å²) >= 11 is 6.18. The van der Waals surface area contributed by atoms with Gasteiger partial charge in [-0.3, -0.25) is 5.10 Å². The van der Waals surface area contributed by atoms with Gasteiger partial charge in [0, 0.05) is 10.9 Å². The summed E-state index contributed by atoms with van der Waals surface area (Å²) < 4.78 is 13.4. The highest BCUT2D eigenvalue weighted by Gasteiger charge is 2.11. The third-order valence-electron chi connectivity index (χ3n) is 3.46. The summed E-state index contributed by atoms with van der Waals surface area (Å²) in [4.78, 5) is 4.39. The number of benzene rings is 2. The lowest BCUT2D eigenvalue weighted by atomic mass is 10.2. The maximum atomic E-state index is 13.4. The number of halogens is 2. The van der Waals surface area contributed by atoms with Gasteiger partial charge in [0.25, 0.3) is 0 Å². The molecule has 0 bridgehead atoms. The van der Waals surface area contributed by atoms with E-state index < -0.39 is 0 Å². The first-order chi connectivity index (χ1) is 11.7. The molecule has 8 heteroatoms. The van der Waals surface area contributed by atoms with Crippen molar-refractivity contribution >= 4 is 34.3 Å². The number of H-pyrrole nitrogens is 1. The van der Waals surface area contributed by atoms with Crippen LogP contribution in [-0.2, 0) is 0 Å². The van der Waals surface area contributed by atoms with Crippen LogP contribution in [-0.4, -0.2) is 25.4 Å². The van der Waals surface area contributed by atoms with Crippen LogP contribution in [0.1, 0.15) is 0 Å². The zero-order valence-electron chi connectivity index (χ0n) is 12.2. The van der Waals surface area contributed by atoms with Gasteiger partial charge in [-0.15, -0.1) is 5.10 Å². The summed E-state index contributed by atoms with van der Waals surface area (Å²) in [6, 6.07) is 11.7. The van der Waals surface area contributed by atoms with Crippen molar-refractivity contribution in [2.24, 2.45) is 0 Å². The summed E-state index contributed by atoms with van der Waals surface area (Å²) in [5, 5.41) is 18.9. The van der Waals surface area contributed by atoms with E-state index in [0.29, 0.717) is 27.4 Å². The normalized spacial score (nSPS) is 10.9. The van der Waals surface area contributed by atoms with Crippen molar-refractivity contribution in [3.8, 4) is 11.3 Å². The number of rotatable bonds is 3. The molecule has 0 fully saturated rings. The van der Waals surface area contributed by atoms with Gasteiger partial charge >= 0.3 is 0 Å². The molecule has 2 aromatic heterocycles. The molecule has 2 heterocycles. The van der Waals surface area contributed by atoms with Gasteiger partial charge in [-0.1, -0.05) is 29.8 Å². The minimum atomic E-state index is -0.351. The molecule has 4 aromatic rings. The first kappa shape index (κ1) is 14.5. The van der Waals surface area contributed by atoms with Crippen molar-refractivity contribution < 1.29 is 4.39 Å². The summed E-state index contributed by atoms with van der Waals surface area (Å²) in [5.41, 5.74) is 2.02. The molecule has 2 aromatic carbocycles. The van der Waals surface area contributed by atoms with Crippen LogP contribution in [0, 0.1) is 5.82 Å². The van der Waals surface area contributed by atoms with Gasteiger partial charge in [-0.25, -0.2) is 9.37 Å². The van der Waals surface area contributed by atoms with Crippen LogP contribution in [0.15, 0.2) is 48.7 Å². The van der Waals surface area contributed by atoms with Crippen LogP contribution >= 0.6 is 11.6 Å². The molecule has 0 aliphatic carbocycles. The molecule has 0 saturated carbocycles. The van der Waals surface area contributed by atoms with Gasteiger partial charge < -0.3 is 5.32 Å². The third-order valence-corrected chi connectivity index (χ3v) is 3.79. The van der Waals surface area contributed by atoms with E-state index in [1.54, 1.807) is 12.1 Å². The predicted octanol–water partition coefficient (Wildman–Crippen LogP) is 3.95. The number of aromatic nitrogens is 5. The SMILES string of the molecule is Fc1ccc2[nH]nc(Nc3nncc(-c4ccccc4Cl)n3)c2c1. The smallest absolute Gasteiger partial charge is 0.248 e. The molecule has 2 N–H and O–H groups in total. The second-order valence-electron chi connectivity index (χ2n) is 5.03. The van der Waals surface area contributed by atoms with Crippen molar-refractivity contribution in [3.63, 3.8) is 0 Å². The van der Waals surface area contributed by atoms with Crippen molar-refractivity contribution in [2.45, 2.75) is 0 Å². The molecule has 6 nitrogen and oxygen atoms in total. The Bertz CT molecular complexity index is 1030. The van der Waals surface area contributed by atoms with Gasteiger partial charge in [0.2, 0.25) is 5.95 Å². The minimum Gasteiger partial charge on any atom is -0.305 e. The lowest BCUT2D eigenvalue weighted by Gasteiger charge is -2.05. The number of fused-ring (bicyclic) bond motifs is 1. The minimum absolute atomic E-state index is 0.241. The molecule has 0 atom stereocenters. The molecular weight excluding hydrogens is 331 g/mol. The summed E-state index contributed by atoms with van der Waals surface area (Å²) in [6.45, 7) is 0. The average molecular weight is 341 g/mol. The van der Waals surface area contributed by atoms with E-state index in [0.717, 1.165) is 5.56 Å². The van der Waals surface area contributed by atoms with E-state index in [2.05, 4.69) is 30.7 Å². The van der Waals surface area contributed by atoms with Crippen LogP contribution in [0.5, 0.6) is 0 Å². The van der Waals surface area contributed by atoms with Crippen LogP contribution in [0.3, 0.4) is 0 Å². The highest BCUT2D eigenvalue weighted by molar-refractivity contribution is 6.33. The fourth-order valence-electron chi connectivity index (χ4n) is 2.34. The molecule has 4 rings (SSSR count). The van der Waals surface area contributed by atoms with Gasteiger partial charge in [-0.05, 0) is 24.3 Å². The fraction of sp³-hybridized carbons (Fsp3) is 0. The van der Waals surface area contributed by atoms with Crippen molar-refractivity contribution in [3.05, 3.63) is 59.5 Å². The second kappa shape index (κ2) is 5.86. The topological polar surface area (TPSA) is 79.4 Å². The molecule has 0 unspecified atom stereocenters. The van der Waals surface area contributed by atoms with Crippen molar-refractivity contribution in [2.75, 3.05) is 5.32 Å². The zero-order chi connectivity index (χ0) is 16.5. The Labute approximate surface area is 140 Å². The monoisotopic (exact) mass is 340 g/mol. The Morgan fingerprint density at radius 2 is 2.00 bits per heavy atom. The second-order valence-corrected chi connectivity index (χ2v) is 5.44. The Morgan fingerprint density at radius 3 is 2.88 bits per heavy atom. The Morgan fingerprint density at radius 1 is 1.12 bits per heavy atom. The average Bonchev–Trinajstić information content (AvgIpc) is 2.98. The summed E-state index contributed by atoms with van der Waals surface area (Å²) in [6.07, 6.45) is 1.52. The quantitative estimate of drug-likeness (QED) is 0.590. The van der Waals surface area contributed by atoms with Gasteiger partial charge in [-0.2, -0.15) is 10.2 Å². The Balaban J connectivity index is 1.71. The number of nitrogens with one attached hydrogen (secondary N) is 2. The molecule has 0 aliphatic heterocycles. The van der Waals surface area contributed by atoms with E-state index in [1.807, 2.05) is 18.2 Å². The van der Waals surface area contributed by atoms with Gasteiger partial charge in [0.1, 0.15) is 5.82 Å². The van der Waals surface area contributed by atoms with E-state index in [4.69, 9.17) is 11.6 Å². The standard InChI is InChI=1S/C16H10ClFN6/c17-12-4-2-1-3-10(12)14-8-19-24-16(20-14)21-15-11-7-9(18)5-6-13(11)22-23-15/h1-8H,(H2,20,21,22,23,24). The van der Waals surface area contributed by atoms with Crippen LogP contribution in [0.4, 0.5) is 16.2 Å². The van der Waals surface area contributed by atoms with E-state index in [-0.39, 0.29) is 11.8 Å². The first-order valence-corrected chi connectivity index (χ1v) is 7.44. The van der Waals surface area contributed by atoms with Gasteiger partial charge in [0.05, 0.1) is 22.4 Å². The van der Waals surface area contributed by atoms with Crippen LogP contribution < -0.4 is 5.32 Å². The van der Waals surface area contributed by atoms with Crippen LogP contribution in [0.2, 0.25) is 5.02 Å². The number of anilines is 2. The molecule has 118 valence electrons. The maximum Gasteiger partial charge on any atom is 0.248 e. The largest absolute Gasteiger partial charge is 0.305 e. The number of hydrogen-bond donors (Lipinski definition) is 2. The highest BCUT2D eigenvalue weighted by atomic mass is 35.5. The zero-order valence-corrected chi connectivity index (χ0v) is 12.9. The molecule has 0 saturated heterocycles. The summed E-state index contributed by atoms with van der Waals surface area (Å²) in [7, 11) is 0. The highest BCUT2D eigenvalue weighted by Crippen LogP contribution is 2.27. The molecule has 0 amide bonds. The van der Waals surface area contributed by atoms with Gasteiger partial charge in [0.15, 0.2) is 5.82 Å². The molecular formula is C16H10ClFN6. The number of aromatic amines is 1. The van der Waals surface area contributed by atoms with E-state index in [1.165, 1.54) is 18.3 Å².